The summed E-state index contributed by atoms with van der Waals surface area (Å²) < 4.78 is 5.90. The number of hydrogen-bond donors (Lipinski definition) is 3. The molecule has 0 saturated heterocycles. The van der Waals surface area contributed by atoms with Gasteiger partial charge in [0.25, 0.3) is 5.91 Å². The normalized spacial score (nSPS) is 10.2. The van der Waals surface area contributed by atoms with E-state index in [-0.39, 0.29) is 18.4 Å². The molecule has 0 aromatic heterocycles. The summed E-state index contributed by atoms with van der Waals surface area (Å²) >= 11 is 0. The number of anilines is 3. The average Bonchev–Trinajstić information content (AvgIpc) is 2.86. The number of hydrogen-bond acceptors (Lipinski definition) is 4. The molecule has 2 amide bonds. The molecular formula is C27H23N3O3. The molecule has 0 saturated carbocycles. The zero-order valence-corrected chi connectivity index (χ0v) is 17.8. The highest BCUT2D eigenvalue weighted by Gasteiger charge is 2.11. The number of amides is 2. The maximum atomic E-state index is 12.6. The Morgan fingerprint density at radius 2 is 1.18 bits per heavy atom. The van der Waals surface area contributed by atoms with Crippen molar-refractivity contribution < 1.29 is 14.3 Å². The minimum absolute atomic E-state index is 0.0118. The topological polar surface area (TPSA) is 79.5 Å². The van der Waals surface area contributed by atoms with Crippen molar-refractivity contribution in [3.8, 4) is 11.5 Å². The third kappa shape index (κ3) is 5.98. The molecule has 3 N–H and O–H groups in total. The van der Waals surface area contributed by atoms with Crippen LogP contribution < -0.4 is 20.7 Å². The molecule has 33 heavy (non-hydrogen) atoms. The van der Waals surface area contributed by atoms with Crippen molar-refractivity contribution in [2.45, 2.75) is 0 Å². The highest BCUT2D eigenvalue weighted by Crippen LogP contribution is 2.29. The Labute approximate surface area is 192 Å². The SMILES string of the molecule is O=C(CNc1ccccc1NC(=O)c1ccccc1)Nc1ccccc1Oc1ccccc1. The molecule has 0 spiro atoms. The van der Waals surface area contributed by atoms with E-state index in [4.69, 9.17) is 4.74 Å². The molecule has 0 fully saturated rings. The Hall–Kier alpha value is -4.58. The summed E-state index contributed by atoms with van der Waals surface area (Å²) in [4.78, 5) is 25.1. The van der Waals surface area contributed by atoms with Crippen LogP contribution in [0.5, 0.6) is 11.5 Å². The molecule has 0 atom stereocenters. The molecule has 6 nitrogen and oxygen atoms in total. The molecule has 164 valence electrons. The first-order valence-electron chi connectivity index (χ1n) is 10.5. The quantitative estimate of drug-likeness (QED) is 0.326. The fraction of sp³-hybridized carbons (Fsp3) is 0.0370. The fourth-order valence-electron chi connectivity index (χ4n) is 3.17. The first-order chi connectivity index (χ1) is 16.2. The van der Waals surface area contributed by atoms with E-state index in [0.717, 1.165) is 0 Å². The third-order valence-electron chi connectivity index (χ3n) is 4.78. The number of benzene rings is 4. The van der Waals surface area contributed by atoms with E-state index >= 15 is 0 Å². The summed E-state index contributed by atoms with van der Waals surface area (Å²) in [5.74, 6) is 0.762. The fourth-order valence-corrected chi connectivity index (χ4v) is 3.17. The van der Waals surface area contributed by atoms with Crippen LogP contribution in [-0.2, 0) is 4.79 Å². The summed E-state index contributed by atoms with van der Waals surface area (Å²) in [7, 11) is 0. The molecule has 0 aliphatic heterocycles. The van der Waals surface area contributed by atoms with Crippen molar-refractivity contribution in [1.82, 2.24) is 0 Å². The van der Waals surface area contributed by atoms with E-state index in [1.807, 2.05) is 72.8 Å². The highest BCUT2D eigenvalue weighted by atomic mass is 16.5. The van der Waals surface area contributed by atoms with Gasteiger partial charge in [0.15, 0.2) is 5.75 Å². The second-order valence-electron chi connectivity index (χ2n) is 7.18. The molecule has 0 radical (unpaired) electrons. The molecule has 0 aliphatic carbocycles. The van der Waals surface area contributed by atoms with Crippen LogP contribution in [0.1, 0.15) is 10.4 Å². The lowest BCUT2D eigenvalue weighted by molar-refractivity contribution is -0.114. The Bertz CT molecular complexity index is 1230. The van der Waals surface area contributed by atoms with Crippen LogP contribution in [0.4, 0.5) is 17.1 Å². The zero-order chi connectivity index (χ0) is 22.9. The lowest BCUT2D eigenvalue weighted by Crippen LogP contribution is -2.23. The number of carbonyl (C=O) groups excluding carboxylic acids is 2. The van der Waals surface area contributed by atoms with Gasteiger partial charge >= 0.3 is 0 Å². The number of rotatable bonds is 8. The molecule has 4 aromatic rings. The smallest absolute Gasteiger partial charge is 0.255 e. The predicted molar refractivity (Wildman–Crippen MR) is 131 cm³/mol. The molecular weight excluding hydrogens is 414 g/mol. The van der Waals surface area contributed by atoms with Gasteiger partial charge in [0.1, 0.15) is 5.75 Å². The largest absolute Gasteiger partial charge is 0.455 e. The van der Waals surface area contributed by atoms with Gasteiger partial charge in [-0.1, -0.05) is 60.7 Å². The zero-order valence-electron chi connectivity index (χ0n) is 17.8. The number of para-hydroxylation sites is 5. The standard InChI is InChI=1S/C27H23N3O3/c31-26(29-24-17-9-10-18-25(24)33-21-13-5-2-6-14-21)19-28-22-15-7-8-16-23(22)30-27(32)20-11-3-1-4-12-20/h1-18,28H,19H2,(H,29,31)(H,30,32). The molecule has 0 bridgehead atoms. The van der Waals surface area contributed by atoms with E-state index < -0.39 is 0 Å². The van der Waals surface area contributed by atoms with Gasteiger partial charge in [0, 0.05) is 5.56 Å². The monoisotopic (exact) mass is 437 g/mol. The van der Waals surface area contributed by atoms with Crippen LogP contribution in [0.25, 0.3) is 0 Å². The van der Waals surface area contributed by atoms with Crippen LogP contribution in [0.3, 0.4) is 0 Å². The van der Waals surface area contributed by atoms with Crippen LogP contribution in [0.2, 0.25) is 0 Å². The van der Waals surface area contributed by atoms with Gasteiger partial charge < -0.3 is 20.7 Å². The van der Waals surface area contributed by atoms with Gasteiger partial charge in [0.05, 0.1) is 23.6 Å². The first-order valence-corrected chi connectivity index (χ1v) is 10.5. The minimum Gasteiger partial charge on any atom is -0.455 e. The van der Waals surface area contributed by atoms with Gasteiger partial charge in [-0.25, -0.2) is 0 Å². The van der Waals surface area contributed by atoms with Crippen molar-refractivity contribution >= 4 is 28.9 Å². The lowest BCUT2D eigenvalue weighted by atomic mass is 10.2. The third-order valence-corrected chi connectivity index (χ3v) is 4.78. The van der Waals surface area contributed by atoms with Crippen molar-refractivity contribution in [2.75, 3.05) is 22.5 Å². The first kappa shape index (κ1) is 21.6. The van der Waals surface area contributed by atoms with Crippen LogP contribution in [-0.4, -0.2) is 18.4 Å². The number of ether oxygens (including phenoxy) is 1. The van der Waals surface area contributed by atoms with Gasteiger partial charge in [-0.15, -0.1) is 0 Å². The molecule has 4 rings (SSSR count). The summed E-state index contributed by atoms with van der Waals surface area (Å²) in [5.41, 5.74) is 2.36. The molecule has 0 aliphatic rings. The maximum absolute atomic E-state index is 12.6. The minimum atomic E-state index is -0.247. The predicted octanol–water partition coefficient (Wildman–Crippen LogP) is 5.78. The summed E-state index contributed by atoms with van der Waals surface area (Å²) in [6.45, 7) is 0.0118. The second kappa shape index (κ2) is 10.6. The van der Waals surface area contributed by atoms with Crippen LogP contribution in [0.15, 0.2) is 109 Å². The van der Waals surface area contributed by atoms with Gasteiger partial charge in [-0.05, 0) is 48.5 Å². The van der Waals surface area contributed by atoms with Gasteiger partial charge in [0.2, 0.25) is 5.91 Å². The second-order valence-corrected chi connectivity index (χ2v) is 7.18. The Morgan fingerprint density at radius 1 is 0.606 bits per heavy atom. The van der Waals surface area contributed by atoms with E-state index in [1.165, 1.54) is 0 Å². The van der Waals surface area contributed by atoms with E-state index in [9.17, 15) is 9.59 Å². The lowest BCUT2D eigenvalue weighted by Gasteiger charge is -2.15. The maximum Gasteiger partial charge on any atom is 0.255 e. The van der Waals surface area contributed by atoms with E-state index in [0.29, 0.717) is 34.1 Å². The van der Waals surface area contributed by atoms with Crippen molar-refractivity contribution in [3.63, 3.8) is 0 Å². The van der Waals surface area contributed by atoms with E-state index in [2.05, 4.69) is 16.0 Å². The van der Waals surface area contributed by atoms with Gasteiger partial charge in [-0.2, -0.15) is 0 Å². The van der Waals surface area contributed by atoms with Crippen molar-refractivity contribution in [2.24, 2.45) is 0 Å². The van der Waals surface area contributed by atoms with Crippen LogP contribution >= 0.6 is 0 Å². The van der Waals surface area contributed by atoms with Crippen molar-refractivity contribution in [3.05, 3.63) is 115 Å². The molecule has 0 heterocycles. The average molecular weight is 437 g/mol. The molecule has 6 heteroatoms. The highest BCUT2D eigenvalue weighted by molar-refractivity contribution is 6.06. The Morgan fingerprint density at radius 3 is 1.91 bits per heavy atom. The van der Waals surface area contributed by atoms with E-state index in [1.54, 1.807) is 36.4 Å². The molecule has 0 unspecified atom stereocenters. The summed E-state index contributed by atoms with van der Waals surface area (Å²) in [5, 5.41) is 8.85. The summed E-state index contributed by atoms with van der Waals surface area (Å²) in [6, 6.07) is 32.8. The van der Waals surface area contributed by atoms with Crippen LogP contribution in [0, 0.1) is 0 Å². The number of nitrogens with one attached hydrogen (secondary N) is 3. The number of carbonyl (C=O) groups is 2. The molecule has 4 aromatic carbocycles. The Kier molecular flexibility index (Phi) is 6.98. The Balaban J connectivity index is 1.39. The van der Waals surface area contributed by atoms with Gasteiger partial charge in [-0.3, -0.25) is 9.59 Å². The van der Waals surface area contributed by atoms with Crippen molar-refractivity contribution in [1.29, 1.82) is 0 Å². The summed E-state index contributed by atoms with van der Waals surface area (Å²) in [6.07, 6.45) is 0.